The lowest BCUT2D eigenvalue weighted by atomic mass is 9.85. The first-order valence-electron chi connectivity index (χ1n) is 13.8. The smallest absolute Gasteiger partial charge is 0.364 e. The molecule has 2 aromatic heterocycles. The molecule has 8 nitrogen and oxygen atoms in total. The van der Waals surface area contributed by atoms with Crippen LogP contribution in [0.1, 0.15) is 51.7 Å². The molecule has 2 N–H and O–H groups in total. The van der Waals surface area contributed by atoms with Crippen LogP contribution in [0.4, 0.5) is 17.6 Å². The summed E-state index contributed by atoms with van der Waals surface area (Å²) in [6, 6.07) is 10.8. The van der Waals surface area contributed by atoms with Crippen molar-refractivity contribution < 1.29 is 22.3 Å². The van der Waals surface area contributed by atoms with E-state index in [4.69, 9.17) is 10.5 Å². The number of alkyl halides is 3. The third kappa shape index (κ3) is 5.57. The predicted octanol–water partition coefficient (Wildman–Crippen LogP) is 4.39. The standard InChI is InChI=1S/C30H29F4N5O3S/c31-23-8-4-7-22(30(32,33)34)21(23)15-38-25-17-42-29(9-11-37(12-10-29)14-20-13-36-18-43-20)26(25)27(40)39(28(38)41)16-24(35)19-5-2-1-3-6-19/h1-8,13,18,24H,9-12,14-17,35H2. The van der Waals surface area contributed by atoms with Gasteiger partial charge in [0.2, 0.25) is 0 Å². The zero-order chi connectivity index (χ0) is 30.4. The maximum atomic E-state index is 15.0. The van der Waals surface area contributed by atoms with Crippen molar-refractivity contribution in [1.82, 2.24) is 19.0 Å². The monoisotopic (exact) mass is 615 g/mol. The highest BCUT2D eigenvalue weighted by molar-refractivity contribution is 7.09. The minimum absolute atomic E-state index is 0.157. The fourth-order valence-electron chi connectivity index (χ4n) is 6.10. The second-order valence-corrected chi connectivity index (χ2v) is 11.9. The fraction of sp³-hybridized carbons (Fsp3) is 0.367. The molecule has 4 aromatic rings. The lowest BCUT2D eigenvalue weighted by Gasteiger charge is -2.38. The molecule has 1 saturated heterocycles. The van der Waals surface area contributed by atoms with Gasteiger partial charge in [-0.2, -0.15) is 13.2 Å². The van der Waals surface area contributed by atoms with E-state index in [1.807, 2.05) is 6.20 Å². The van der Waals surface area contributed by atoms with E-state index in [-0.39, 0.29) is 24.4 Å². The zero-order valence-corrected chi connectivity index (χ0v) is 23.8. The Labute approximate surface area is 248 Å². The van der Waals surface area contributed by atoms with Gasteiger partial charge in [0.1, 0.15) is 11.4 Å². The highest BCUT2D eigenvalue weighted by Gasteiger charge is 2.47. The molecule has 1 fully saturated rings. The number of fused-ring (bicyclic) bond motifs is 2. The third-order valence-corrected chi connectivity index (χ3v) is 9.11. The molecule has 0 radical (unpaired) electrons. The SMILES string of the molecule is NC(Cn1c(=O)c2c(n(Cc3c(F)cccc3C(F)(F)F)c1=O)COC21CCN(Cc2cncs2)CC1)c1ccccc1. The number of thiazole rings is 1. The second-order valence-electron chi connectivity index (χ2n) is 10.9. The average Bonchev–Trinajstić information content (AvgIpc) is 3.63. The van der Waals surface area contributed by atoms with E-state index < -0.39 is 52.6 Å². The molecule has 1 unspecified atom stereocenters. The van der Waals surface area contributed by atoms with Crippen LogP contribution in [-0.4, -0.2) is 32.1 Å². The Morgan fingerprint density at radius 1 is 1.02 bits per heavy atom. The van der Waals surface area contributed by atoms with E-state index in [0.717, 1.165) is 32.2 Å². The molecule has 43 heavy (non-hydrogen) atoms. The summed E-state index contributed by atoms with van der Waals surface area (Å²) in [5.41, 5.74) is 4.91. The summed E-state index contributed by atoms with van der Waals surface area (Å²) < 4.78 is 65.0. The number of hydrogen-bond acceptors (Lipinski definition) is 7. The third-order valence-electron chi connectivity index (χ3n) is 8.35. The highest BCUT2D eigenvalue weighted by atomic mass is 32.1. The van der Waals surface area contributed by atoms with Crippen molar-refractivity contribution in [2.75, 3.05) is 13.1 Å². The highest BCUT2D eigenvalue weighted by Crippen LogP contribution is 2.43. The van der Waals surface area contributed by atoms with Crippen LogP contribution in [0.15, 0.2) is 69.8 Å². The van der Waals surface area contributed by atoms with Gasteiger partial charge < -0.3 is 10.5 Å². The maximum Gasteiger partial charge on any atom is 0.416 e. The summed E-state index contributed by atoms with van der Waals surface area (Å²) in [6.07, 6.45) is -2.17. The van der Waals surface area contributed by atoms with Gasteiger partial charge >= 0.3 is 11.9 Å². The largest absolute Gasteiger partial charge is 0.416 e. The van der Waals surface area contributed by atoms with Crippen molar-refractivity contribution in [1.29, 1.82) is 0 Å². The molecule has 2 aromatic carbocycles. The summed E-state index contributed by atoms with van der Waals surface area (Å²) in [5, 5.41) is 0. The predicted molar refractivity (Wildman–Crippen MR) is 152 cm³/mol. The van der Waals surface area contributed by atoms with E-state index >= 15 is 0 Å². The number of aromatic nitrogens is 3. The molecule has 2 aliphatic rings. The summed E-state index contributed by atoms with van der Waals surface area (Å²) >= 11 is 1.55. The lowest BCUT2D eigenvalue weighted by molar-refractivity contribution is -0.138. The van der Waals surface area contributed by atoms with Gasteiger partial charge in [0.25, 0.3) is 5.56 Å². The molecular formula is C30H29F4N5O3S. The maximum absolute atomic E-state index is 15.0. The van der Waals surface area contributed by atoms with Gasteiger partial charge in [-0.05, 0) is 30.5 Å². The van der Waals surface area contributed by atoms with E-state index in [2.05, 4.69) is 9.88 Å². The molecule has 226 valence electrons. The molecule has 1 spiro atoms. The van der Waals surface area contributed by atoms with Gasteiger partial charge in [-0.3, -0.25) is 23.8 Å². The molecule has 0 amide bonds. The molecule has 0 aliphatic carbocycles. The molecule has 6 rings (SSSR count). The van der Waals surface area contributed by atoms with Crippen molar-refractivity contribution in [2.24, 2.45) is 5.73 Å². The van der Waals surface area contributed by atoms with Gasteiger partial charge in [-0.25, -0.2) is 9.18 Å². The Morgan fingerprint density at radius 2 is 1.77 bits per heavy atom. The van der Waals surface area contributed by atoms with E-state index in [1.165, 1.54) is 0 Å². The zero-order valence-electron chi connectivity index (χ0n) is 23.0. The van der Waals surface area contributed by atoms with Crippen LogP contribution >= 0.6 is 11.3 Å². The van der Waals surface area contributed by atoms with E-state index in [9.17, 15) is 27.2 Å². The average molecular weight is 616 g/mol. The van der Waals surface area contributed by atoms with Gasteiger partial charge in [0.05, 0.1) is 42.0 Å². The molecule has 1 atom stereocenters. The van der Waals surface area contributed by atoms with Crippen LogP contribution < -0.4 is 17.0 Å². The molecule has 2 aliphatic heterocycles. The molecular weight excluding hydrogens is 586 g/mol. The minimum Gasteiger partial charge on any atom is -0.364 e. The summed E-state index contributed by atoms with van der Waals surface area (Å²) in [5.74, 6) is -1.10. The summed E-state index contributed by atoms with van der Waals surface area (Å²) in [7, 11) is 0. The number of rotatable bonds is 7. The molecule has 0 saturated carbocycles. The van der Waals surface area contributed by atoms with Gasteiger partial charge in [-0.1, -0.05) is 36.4 Å². The van der Waals surface area contributed by atoms with Gasteiger partial charge in [0, 0.05) is 42.3 Å². The van der Waals surface area contributed by atoms with Crippen LogP contribution in [0.3, 0.4) is 0 Å². The normalized spacial score (nSPS) is 17.3. The van der Waals surface area contributed by atoms with E-state index in [0.29, 0.717) is 38.0 Å². The topological polar surface area (TPSA) is 95.4 Å². The second kappa shape index (κ2) is 11.5. The minimum atomic E-state index is -4.85. The van der Waals surface area contributed by atoms with Crippen molar-refractivity contribution in [3.63, 3.8) is 0 Å². The van der Waals surface area contributed by atoms with Crippen LogP contribution in [-0.2, 0) is 42.8 Å². The van der Waals surface area contributed by atoms with Crippen LogP contribution in [0.5, 0.6) is 0 Å². The Hall–Kier alpha value is -3.65. The Balaban J connectivity index is 1.44. The number of likely N-dealkylation sites (tertiary alicyclic amines) is 1. The number of piperidine rings is 1. The van der Waals surface area contributed by atoms with Gasteiger partial charge in [-0.15, -0.1) is 11.3 Å². The number of ether oxygens (including phenoxy) is 1. The number of nitrogens with two attached hydrogens (primary N) is 1. The quantitative estimate of drug-likeness (QED) is 0.310. The van der Waals surface area contributed by atoms with E-state index in [1.54, 1.807) is 47.2 Å². The van der Waals surface area contributed by atoms with Crippen molar-refractivity contribution in [2.45, 2.75) is 56.9 Å². The van der Waals surface area contributed by atoms with Crippen LogP contribution in [0, 0.1) is 5.82 Å². The Kier molecular flexibility index (Phi) is 7.84. The first-order chi connectivity index (χ1) is 20.6. The van der Waals surface area contributed by atoms with Crippen molar-refractivity contribution in [3.05, 3.63) is 120 Å². The summed E-state index contributed by atoms with van der Waals surface area (Å²) in [4.78, 5) is 35.4. The number of halogens is 4. The molecule has 4 heterocycles. The van der Waals surface area contributed by atoms with Gasteiger partial charge in [0.15, 0.2) is 0 Å². The molecule has 0 bridgehead atoms. The number of benzene rings is 2. The first-order valence-corrected chi connectivity index (χ1v) is 14.7. The molecule has 13 heteroatoms. The Morgan fingerprint density at radius 3 is 2.44 bits per heavy atom. The first kappa shape index (κ1) is 29.4. The number of hydrogen-bond donors (Lipinski definition) is 1. The number of nitrogens with zero attached hydrogens (tertiary/aromatic N) is 4. The van der Waals surface area contributed by atoms with Crippen molar-refractivity contribution in [3.8, 4) is 0 Å². The van der Waals surface area contributed by atoms with Crippen molar-refractivity contribution >= 4 is 11.3 Å². The summed E-state index contributed by atoms with van der Waals surface area (Å²) in [6.45, 7) is 0.773. The van der Waals surface area contributed by atoms with Crippen LogP contribution in [0.2, 0.25) is 0 Å². The lowest BCUT2D eigenvalue weighted by Crippen LogP contribution is -2.49. The Bertz CT molecular complexity index is 1730. The fourth-order valence-corrected chi connectivity index (χ4v) is 6.74. The van der Waals surface area contributed by atoms with Crippen LogP contribution in [0.25, 0.3) is 0 Å².